The molecule has 1 aromatic rings. The van der Waals surface area contributed by atoms with Crippen LogP contribution < -0.4 is 4.74 Å². The lowest BCUT2D eigenvalue weighted by Crippen LogP contribution is -2.58. The van der Waals surface area contributed by atoms with Crippen LogP contribution in [-0.2, 0) is 16.0 Å². The zero-order valence-electron chi connectivity index (χ0n) is 18.9. The van der Waals surface area contributed by atoms with Crippen molar-refractivity contribution in [2.75, 3.05) is 40.5 Å². The van der Waals surface area contributed by atoms with Gasteiger partial charge < -0.3 is 14.4 Å². The molecule has 2 aliphatic rings. The molecule has 0 bridgehead atoms. The Bertz CT molecular complexity index is 741. The van der Waals surface area contributed by atoms with Gasteiger partial charge in [0.2, 0.25) is 0 Å². The van der Waals surface area contributed by atoms with Crippen LogP contribution in [0.1, 0.15) is 39.2 Å². The Balaban J connectivity index is 1.78. The number of rotatable bonds is 8. The summed E-state index contributed by atoms with van der Waals surface area (Å²) in [4.78, 5) is 32.4. The summed E-state index contributed by atoms with van der Waals surface area (Å²) in [6, 6.07) is 7.90. The van der Waals surface area contributed by atoms with E-state index in [0.29, 0.717) is 38.5 Å². The van der Waals surface area contributed by atoms with Crippen molar-refractivity contribution in [3.05, 3.63) is 29.8 Å². The minimum absolute atomic E-state index is 0.0312. The molecule has 1 atom stereocenters. The Morgan fingerprint density at radius 3 is 2.20 bits per heavy atom. The number of nitrogens with zero attached hydrogens (tertiary/aromatic N) is 3. The van der Waals surface area contributed by atoms with E-state index in [1.807, 2.05) is 43.0 Å². The summed E-state index contributed by atoms with van der Waals surface area (Å²) in [6.07, 6.45) is 2.04. The van der Waals surface area contributed by atoms with E-state index >= 15 is 0 Å². The van der Waals surface area contributed by atoms with Gasteiger partial charge in [0.15, 0.2) is 0 Å². The number of urea groups is 1. The Morgan fingerprint density at radius 2 is 1.67 bits per heavy atom. The second kappa shape index (κ2) is 9.35. The fraction of sp³-hybridized carbons (Fsp3) is 0.652. The SMILES string of the molecule is COC[C@H](C)N1CCC2(CC1)C(=O)N(C(C)C)C(=O)N2CCc1ccc(OC)cc1. The summed E-state index contributed by atoms with van der Waals surface area (Å²) in [6.45, 7) is 8.74. The van der Waals surface area contributed by atoms with Gasteiger partial charge in [-0.05, 0) is 57.7 Å². The molecule has 1 aromatic carbocycles. The first-order chi connectivity index (χ1) is 14.3. The third-order valence-electron chi connectivity index (χ3n) is 6.53. The number of likely N-dealkylation sites (tertiary alicyclic amines) is 1. The van der Waals surface area contributed by atoms with Gasteiger partial charge in [-0.15, -0.1) is 0 Å². The van der Waals surface area contributed by atoms with Gasteiger partial charge in [0.05, 0.1) is 13.7 Å². The molecule has 0 aliphatic carbocycles. The van der Waals surface area contributed by atoms with Crippen LogP contribution in [0.4, 0.5) is 4.79 Å². The van der Waals surface area contributed by atoms with Crippen molar-refractivity contribution >= 4 is 11.9 Å². The summed E-state index contributed by atoms with van der Waals surface area (Å²) in [7, 11) is 3.36. The van der Waals surface area contributed by atoms with E-state index in [1.54, 1.807) is 14.2 Å². The number of benzene rings is 1. The highest BCUT2D eigenvalue weighted by Crippen LogP contribution is 2.38. The molecule has 3 rings (SSSR count). The second-order valence-corrected chi connectivity index (χ2v) is 8.67. The molecule has 2 saturated heterocycles. The van der Waals surface area contributed by atoms with Gasteiger partial charge in [0.1, 0.15) is 11.3 Å². The van der Waals surface area contributed by atoms with E-state index in [9.17, 15) is 9.59 Å². The lowest BCUT2D eigenvalue weighted by atomic mass is 9.85. The molecule has 30 heavy (non-hydrogen) atoms. The number of ether oxygens (including phenoxy) is 2. The molecule has 2 aliphatic heterocycles. The minimum atomic E-state index is -0.725. The Kier molecular flexibility index (Phi) is 7.03. The molecule has 1 spiro atoms. The number of carbonyl (C=O) groups is 2. The molecule has 0 unspecified atom stereocenters. The molecule has 2 heterocycles. The summed E-state index contributed by atoms with van der Waals surface area (Å²) in [5, 5.41) is 0. The molecule has 0 N–H and O–H groups in total. The van der Waals surface area contributed by atoms with Crippen molar-refractivity contribution in [3.8, 4) is 5.75 Å². The summed E-state index contributed by atoms with van der Waals surface area (Å²) >= 11 is 0. The molecular formula is C23H35N3O4. The van der Waals surface area contributed by atoms with Crippen molar-refractivity contribution in [3.63, 3.8) is 0 Å². The summed E-state index contributed by atoms with van der Waals surface area (Å²) in [5.74, 6) is 0.780. The lowest BCUT2D eigenvalue weighted by Gasteiger charge is -2.44. The fourth-order valence-electron chi connectivity index (χ4n) is 4.70. The van der Waals surface area contributed by atoms with Gasteiger partial charge in [-0.3, -0.25) is 14.6 Å². The molecule has 2 fully saturated rings. The predicted octanol–water partition coefficient (Wildman–Crippen LogP) is 2.78. The fourth-order valence-corrected chi connectivity index (χ4v) is 4.70. The topological polar surface area (TPSA) is 62.3 Å². The van der Waals surface area contributed by atoms with Crippen LogP contribution in [-0.4, -0.2) is 84.7 Å². The average Bonchev–Trinajstić information content (AvgIpc) is 2.93. The third kappa shape index (κ3) is 4.18. The number of hydrogen-bond donors (Lipinski definition) is 0. The monoisotopic (exact) mass is 417 g/mol. The smallest absolute Gasteiger partial charge is 0.327 e. The van der Waals surface area contributed by atoms with Crippen molar-refractivity contribution in [2.24, 2.45) is 0 Å². The van der Waals surface area contributed by atoms with Gasteiger partial charge in [0.25, 0.3) is 5.91 Å². The minimum Gasteiger partial charge on any atom is -0.497 e. The maximum atomic E-state index is 13.4. The number of amides is 3. The van der Waals surface area contributed by atoms with Crippen molar-refractivity contribution in [1.82, 2.24) is 14.7 Å². The standard InChI is InChI=1S/C23H35N3O4/c1-17(2)26-21(27)23(11-14-24(15-12-23)18(3)16-29-4)25(22(26)28)13-10-19-6-8-20(30-5)9-7-19/h6-9,17-18H,10-16H2,1-5H3/t18-/m0/s1. The van der Waals surface area contributed by atoms with Crippen LogP contribution >= 0.6 is 0 Å². The number of carbonyl (C=O) groups excluding carboxylic acids is 2. The van der Waals surface area contributed by atoms with Gasteiger partial charge in [-0.25, -0.2) is 4.79 Å². The quantitative estimate of drug-likeness (QED) is 0.609. The zero-order chi connectivity index (χ0) is 21.9. The second-order valence-electron chi connectivity index (χ2n) is 8.67. The normalized spacial score (nSPS) is 20.5. The van der Waals surface area contributed by atoms with Crippen molar-refractivity contribution in [1.29, 1.82) is 0 Å². The molecule has 0 saturated carbocycles. The van der Waals surface area contributed by atoms with E-state index in [0.717, 1.165) is 24.4 Å². The van der Waals surface area contributed by atoms with Gasteiger partial charge >= 0.3 is 6.03 Å². The highest BCUT2D eigenvalue weighted by atomic mass is 16.5. The highest BCUT2D eigenvalue weighted by Gasteiger charge is 2.58. The molecule has 7 nitrogen and oxygen atoms in total. The van der Waals surface area contributed by atoms with E-state index in [4.69, 9.17) is 9.47 Å². The first-order valence-corrected chi connectivity index (χ1v) is 10.8. The van der Waals surface area contributed by atoms with Crippen LogP contribution in [0, 0.1) is 0 Å². The maximum absolute atomic E-state index is 13.4. The molecule has 0 aromatic heterocycles. The van der Waals surface area contributed by atoms with Crippen LogP contribution in [0.2, 0.25) is 0 Å². The van der Waals surface area contributed by atoms with E-state index in [2.05, 4.69) is 11.8 Å². The van der Waals surface area contributed by atoms with Crippen molar-refractivity contribution < 1.29 is 19.1 Å². The first-order valence-electron chi connectivity index (χ1n) is 10.8. The predicted molar refractivity (Wildman–Crippen MR) is 116 cm³/mol. The number of imide groups is 1. The molecule has 0 radical (unpaired) electrons. The van der Waals surface area contributed by atoms with Gasteiger partial charge in [0, 0.05) is 38.8 Å². The largest absolute Gasteiger partial charge is 0.497 e. The molecule has 7 heteroatoms. The Morgan fingerprint density at radius 1 is 1.03 bits per heavy atom. The van der Waals surface area contributed by atoms with Crippen LogP contribution in [0.5, 0.6) is 5.75 Å². The Labute approximate surface area is 179 Å². The number of hydrogen-bond acceptors (Lipinski definition) is 5. The van der Waals surface area contributed by atoms with Crippen LogP contribution in [0.3, 0.4) is 0 Å². The van der Waals surface area contributed by atoms with Crippen LogP contribution in [0.15, 0.2) is 24.3 Å². The zero-order valence-corrected chi connectivity index (χ0v) is 18.9. The molecule has 166 valence electrons. The lowest BCUT2D eigenvalue weighted by molar-refractivity contribution is -0.137. The Hall–Kier alpha value is -2.12. The van der Waals surface area contributed by atoms with E-state index in [-0.39, 0.29) is 18.0 Å². The average molecular weight is 418 g/mol. The van der Waals surface area contributed by atoms with E-state index < -0.39 is 5.54 Å². The van der Waals surface area contributed by atoms with Crippen molar-refractivity contribution in [2.45, 2.75) is 57.7 Å². The maximum Gasteiger partial charge on any atom is 0.327 e. The van der Waals surface area contributed by atoms with Crippen LogP contribution in [0.25, 0.3) is 0 Å². The number of methoxy groups -OCH3 is 2. The summed E-state index contributed by atoms with van der Waals surface area (Å²) < 4.78 is 10.5. The third-order valence-corrected chi connectivity index (χ3v) is 6.53. The highest BCUT2D eigenvalue weighted by molar-refractivity contribution is 6.07. The first kappa shape index (κ1) is 22.6. The number of piperidine rings is 1. The molecular weight excluding hydrogens is 382 g/mol. The molecule has 3 amide bonds. The van der Waals surface area contributed by atoms with Gasteiger partial charge in [-0.2, -0.15) is 0 Å². The van der Waals surface area contributed by atoms with E-state index in [1.165, 1.54) is 4.90 Å². The summed E-state index contributed by atoms with van der Waals surface area (Å²) in [5.41, 5.74) is 0.400. The van der Waals surface area contributed by atoms with Gasteiger partial charge in [-0.1, -0.05) is 12.1 Å².